The summed E-state index contributed by atoms with van der Waals surface area (Å²) >= 11 is 0. The normalized spacial score (nSPS) is 20.6. The van der Waals surface area contributed by atoms with Crippen molar-refractivity contribution in [1.29, 1.82) is 0 Å². The van der Waals surface area contributed by atoms with Crippen LogP contribution in [0.25, 0.3) is 0 Å². The van der Waals surface area contributed by atoms with Crippen molar-refractivity contribution in [3.8, 4) is 0 Å². The van der Waals surface area contributed by atoms with Gasteiger partial charge in [-0.3, -0.25) is 4.90 Å². The topological polar surface area (TPSA) is 15.3 Å². The first kappa shape index (κ1) is 17.6. The van der Waals surface area contributed by atoms with E-state index in [0.29, 0.717) is 6.04 Å². The fraction of sp³-hybridized carbons (Fsp3) is 0.889. The molecule has 2 nitrogen and oxygen atoms in total. The van der Waals surface area contributed by atoms with Crippen molar-refractivity contribution in [2.75, 3.05) is 19.6 Å². The zero-order chi connectivity index (χ0) is 15.0. The van der Waals surface area contributed by atoms with Gasteiger partial charge in [0.25, 0.3) is 0 Å². The van der Waals surface area contributed by atoms with E-state index in [2.05, 4.69) is 44.5 Å². The molecule has 0 saturated carbocycles. The van der Waals surface area contributed by atoms with Gasteiger partial charge in [0.15, 0.2) is 0 Å². The summed E-state index contributed by atoms with van der Waals surface area (Å²) in [6.45, 7) is 16.7. The van der Waals surface area contributed by atoms with Gasteiger partial charge < -0.3 is 5.32 Å². The first-order valence-electron chi connectivity index (χ1n) is 8.64. The van der Waals surface area contributed by atoms with Crippen LogP contribution in [0.4, 0.5) is 0 Å². The molecule has 1 heterocycles. The number of nitrogens with one attached hydrogen (secondary N) is 1. The average molecular weight is 280 g/mol. The number of nitrogens with zero attached hydrogens (tertiary/aromatic N) is 1. The number of piperidine rings is 1. The minimum absolute atomic E-state index is 0.499. The third-order valence-corrected chi connectivity index (χ3v) is 4.15. The molecule has 1 N–H and O–H groups in total. The molecule has 1 saturated heterocycles. The largest absolute Gasteiger partial charge is 0.386 e. The molecule has 0 aromatic rings. The van der Waals surface area contributed by atoms with Crippen molar-refractivity contribution in [3.05, 3.63) is 12.3 Å². The summed E-state index contributed by atoms with van der Waals surface area (Å²) in [6, 6.07) is 0.499. The second-order valence-electron chi connectivity index (χ2n) is 7.32. The highest BCUT2D eigenvalue weighted by molar-refractivity contribution is 4.96. The minimum Gasteiger partial charge on any atom is -0.386 e. The van der Waals surface area contributed by atoms with Gasteiger partial charge in [0.05, 0.1) is 0 Å². The average Bonchev–Trinajstić information content (AvgIpc) is 2.33. The molecule has 0 radical (unpaired) electrons. The highest BCUT2D eigenvalue weighted by atomic mass is 15.1. The predicted octanol–water partition coefficient (Wildman–Crippen LogP) is 4.43. The third kappa shape index (κ3) is 7.94. The molecule has 1 aliphatic heterocycles. The van der Waals surface area contributed by atoms with Crippen LogP contribution in [0.1, 0.15) is 66.2 Å². The first-order valence-corrected chi connectivity index (χ1v) is 8.64. The highest BCUT2D eigenvalue weighted by Crippen LogP contribution is 2.23. The number of likely N-dealkylation sites (tertiary alicyclic amines) is 1. The van der Waals surface area contributed by atoms with Crippen LogP contribution in [0.3, 0.4) is 0 Å². The van der Waals surface area contributed by atoms with E-state index in [1.165, 1.54) is 57.3 Å². The lowest BCUT2D eigenvalue weighted by molar-refractivity contribution is 0.175. The molecule has 0 aliphatic carbocycles. The van der Waals surface area contributed by atoms with Crippen LogP contribution in [0.2, 0.25) is 0 Å². The van der Waals surface area contributed by atoms with Crippen molar-refractivity contribution in [2.45, 2.75) is 72.3 Å². The summed E-state index contributed by atoms with van der Waals surface area (Å²) in [5.74, 6) is 1.78. The van der Waals surface area contributed by atoms with Gasteiger partial charge in [-0.25, -0.2) is 0 Å². The second kappa shape index (κ2) is 9.44. The van der Waals surface area contributed by atoms with E-state index in [1.807, 2.05) is 0 Å². The number of rotatable bonds is 9. The summed E-state index contributed by atoms with van der Waals surface area (Å²) in [7, 11) is 0. The van der Waals surface area contributed by atoms with Crippen LogP contribution in [0.5, 0.6) is 0 Å². The monoisotopic (exact) mass is 280 g/mol. The van der Waals surface area contributed by atoms with Crippen molar-refractivity contribution < 1.29 is 0 Å². The van der Waals surface area contributed by atoms with Crippen LogP contribution in [0.15, 0.2) is 12.3 Å². The van der Waals surface area contributed by atoms with E-state index in [9.17, 15) is 0 Å². The van der Waals surface area contributed by atoms with Gasteiger partial charge in [-0.15, -0.1) is 0 Å². The summed E-state index contributed by atoms with van der Waals surface area (Å²) < 4.78 is 0. The Labute approximate surface area is 127 Å². The van der Waals surface area contributed by atoms with E-state index in [1.54, 1.807) is 0 Å². The summed E-state index contributed by atoms with van der Waals surface area (Å²) in [5, 5.41) is 3.43. The standard InChI is InChI=1S/C18H36N2/c1-15(2)9-6-7-10-18-11-8-12-20(14-18)13-17(5)19-16(3)4/h15-16,18-19H,5-14H2,1-4H3. The summed E-state index contributed by atoms with van der Waals surface area (Å²) in [5.41, 5.74) is 1.18. The van der Waals surface area contributed by atoms with E-state index >= 15 is 0 Å². The van der Waals surface area contributed by atoms with Crippen molar-refractivity contribution in [1.82, 2.24) is 10.2 Å². The van der Waals surface area contributed by atoms with E-state index in [4.69, 9.17) is 0 Å². The van der Waals surface area contributed by atoms with Gasteiger partial charge in [0, 0.05) is 24.8 Å². The molecule has 118 valence electrons. The van der Waals surface area contributed by atoms with Crippen LogP contribution in [-0.2, 0) is 0 Å². The van der Waals surface area contributed by atoms with Gasteiger partial charge >= 0.3 is 0 Å². The van der Waals surface area contributed by atoms with E-state index in [-0.39, 0.29) is 0 Å². The molecule has 20 heavy (non-hydrogen) atoms. The first-order chi connectivity index (χ1) is 9.47. The van der Waals surface area contributed by atoms with Gasteiger partial charge in [-0.2, -0.15) is 0 Å². The Balaban J connectivity index is 2.19. The molecule has 1 aliphatic rings. The Bertz CT molecular complexity index is 271. The fourth-order valence-corrected chi connectivity index (χ4v) is 3.24. The Kier molecular flexibility index (Phi) is 8.28. The molecule has 0 aromatic carbocycles. The van der Waals surface area contributed by atoms with Crippen molar-refractivity contribution >= 4 is 0 Å². The van der Waals surface area contributed by atoms with Crippen LogP contribution >= 0.6 is 0 Å². The Morgan fingerprint density at radius 1 is 1.25 bits per heavy atom. The van der Waals surface area contributed by atoms with Gasteiger partial charge in [-0.1, -0.05) is 39.7 Å². The predicted molar refractivity (Wildman–Crippen MR) is 89.9 cm³/mol. The zero-order valence-corrected chi connectivity index (χ0v) is 14.3. The maximum Gasteiger partial charge on any atom is 0.0375 e. The zero-order valence-electron chi connectivity index (χ0n) is 14.3. The molecular weight excluding hydrogens is 244 g/mol. The van der Waals surface area contributed by atoms with Crippen LogP contribution in [-0.4, -0.2) is 30.6 Å². The highest BCUT2D eigenvalue weighted by Gasteiger charge is 2.19. The van der Waals surface area contributed by atoms with Crippen LogP contribution < -0.4 is 5.32 Å². The van der Waals surface area contributed by atoms with Gasteiger partial charge in [0.2, 0.25) is 0 Å². The molecule has 1 atom stereocenters. The number of hydrogen-bond donors (Lipinski definition) is 1. The van der Waals surface area contributed by atoms with E-state index < -0.39 is 0 Å². The molecule has 1 fully saturated rings. The Morgan fingerprint density at radius 2 is 2.00 bits per heavy atom. The lowest BCUT2D eigenvalue weighted by Crippen LogP contribution is -2.39. The maximum atomic E-state index is 4.16. The summed E-state index contributed by atoms with van der Waals surface area (Å²) in [4.78, 5) is 2.59. The maximum absolute atomic E-state index is 4.16. The Morgan fingerprint density at radius 3 is 2.65 bits per heavy atom. The van der Waals surface area contributed by atoms with Crippen LogP contribution in [0, 0.1) is 11.8 Å². The molecule has 2 heteroatoms. The fourth-order valence-electron chi connectivity index (χ4n) is 3.24. The molecule has 1 unspecified atom stereocenters. The quantitative estimate of drug-likeness (QED) is 0.629. The van der Waals surface area contributed by atoms with Gasteiger partial charge in [0.1, 0.15) is 0 Å². The molecule has 1 rings (SSSR count). The second-order valence-corrected chi connectivity index (χ2v) is 7.32. The summed E-state index contributed by atoms with van der Waals surface area (Å²) in [6.07, 6.45) is 8.45. The Hall–Kier alpha value is -0.500. The van der Waals surface area contributed by atoms with E-state index in [0.717, 1.165) is 18.4 Å². The number of hydrogen-bond acceptors (Lipinski definition) is 2. The molecule has 0 amide bonds. The van der Waals surface area contributed by atoms with Crippen molar-refractivity contribution in [2.24, 2.45) is 11.8 Å². The third-order valence-electron chi connectivity index (χ3n) is 4.15. The van der Waals surface area contributed by atoms with Gasteiger partial charge in [-0.05, 0) is 51.5 Å². The molecule has 0 bridgehead atoms. The molecule has 0 spiro atoms. The molecule has 0 aromatic heterocycles. The lowest BCUT2D eigenvalue weighted by atomic mass is 9.91. The smallest absolute Gasteiger partial charge is 0.0375 e. The SMILES string of the molecule is C=C(CN1CCCC(CCCCC(C)C)C1)NC(C)C. The number of unbranched alkanes of at least 4 members (excludes halogenated alkanes) is 1. The molecular formula is C18H36N2. The minimum atomic E-state index is 0.499. The van der Waals surface area contributed by atoms with Crippen molar-refractivity contribution in [3.63, 3.8) is 0 Å². The lowest BCUT2D eigenvalue weighted by Gasteiger charge is -2.33.